The van der Waals surface area contributed by atoms with Crippen molar-refractivity contribution >= 4 is 11.9 Å². The van der Waals surface area contributed by atoms with E-state index in [4.69, 9.17) is 14.2 Å². The third-order valence-corrected chi connectivity index (χ3v) is 14.8. The number of hydrogen-bond acceptors (Lipinski definition) is 10. The molecule has 11 heteroatoms. The van der Waals surface area contributed by atoms with Gasteiger partial charge in [0, 0.05) is 6.42 Å². The Morgan fingerprint density at radius 1 is 0.494 bits per heavy atom. The summed E-state index contributed by atoms with van der Waals surface area (Å²) in [4.78, 5) is 26.6. The van der Waals surface area contributed by atoms with Crippen LogP contribution in [0.15, 0.2) is 85.1 Å². The molecular weight excluding hydrogens is 991 g/mol. The lowest BCUT2D eigenvalue weighted by Gasteiger charge is -2.41. The number of hydrogen-bond donors (Lipinski definition) is 6. The highest BCUT2D eigenvalue weighted by Gasteiger charge is 2.47. The van der Waals surface area contributed by atoms with Crippen molar-refractivity contribution in [3.8, 4) is 0 Å². The van der Waals surface area contributed by atoms with Crippen LogP contribution in [0.4, 0.5) is 0 Å². The lowest BCUT2D eigenvalue weighted by molar-refractivity contribution is -0.305. The van der Waals surface area contributed by atoms with Crippen molar-refractivity contribution in [3.05, 3.63) is 85.1 Å². The lowest BCUT2D eigenvalue weighted by atomic mass is 9.99. The summed E-state index contributed by atoms with van der Waals surface area (Å²) in [5.74, 6) is -1.22. The van der Waals surface area contributed by atoms with E-state index in [-0.39, 0.29) is 19.4 Å². The molecule has 8 unspecified atom stereocenters. The van der Waals surface area contributed by atoms with Gasteiger partial charge < -0.3 is 45.1 Å². The first kappa shape index (κ1) is 73.9. The molecule has 1 saturated heterocycles. The number of aliphatic hydroxyl groups excluding tert-OH is 5. The van der Waals surface area contributed by atoms with Gasteiger partial charge in [0.25, 0.3) is 0 Å². The van der Waals surface area contributed by atoms with Crippen molar-refractivity contribution in [1.82, 2.24) is 5.32 Å². The van der Waals surface area contributed by atoms with Gasteiger partial charge in [-0.1, -0.05) is 247 Å². The lowest BCUT2D eigenvalue weighted by Crippen LogP contribution is -2.61. The Bertz CT molecular complexity index is 1610. The van der Waals surface area contributed by atoms with Crippen LogP contribution in [0.2, 0.25) is 0 Å². The first-order valence-electron chi connectivity index (χ1n) is 32.4. The van der Waals surface area contributed by atoms with Crippen LogP contribution in [0.3, 0.4) is 0 Å². The number of rotatable bonds is 54. The summed E-state index contributed by atoms with van der Waals surface area (Å²) < 4.78 is 17.6. The van der Waals surface area contributed by atoms with E-state index in [2.05, 4.69) is 99.0 Å². The minimum atomic E-state index is -1.62. The molecular formula is C68H119NO10. The Labute approximate surface area is 483 Å². The molecule has 79 heavy (non-hydrogen) atoms. The topological polar surface area (TPSA) is 175 Å². The van der Waals surface area contributed by atoms with Crippen molar-refractivity contribution in [2.45, 2.75) is 320 Å². The van der Waals surface area contributed by atoms with E-state index >= 15 is 0 Å². The number of amides is 1. The normalized spacial score (nSPS) is 19.4. The molecule has 0 aromatic rings. The quantitative estimate of drug-likeness (QED) is 0.0195. The third-order valence-electron chi connectivity index (χ3n) is 14.8. The number of allylic oxidation sites excluding steroid dienone is 13. The molecule has 6 N–H and O–H groups in total. The number of nitrogens with one attached hydrogen (secondary N) is 1. The summed E-state index contributed by atoms with van der Waals surface area (Å²) in [7, 11) is 0. The van der Waals surface area contributed by atoms with E-state index < -0.39 is 67.4 Å². The molecule has 1 aliphatic rings. The minimum absolute atomic E-state index is 0.113. The van der Waals surface area contributed by atoms with Gasteiger partial charge in [0.2, 0.25) is 5.91 Å². The van der Waals surface area contributed by atoms with Gasteiger partial charge in [-0.15, -0.1) is 0 Å². The van der Waals surface area contributed by atoms with Crippen LogP contribution in [0.5, 0.6) is 0 Å². The van der Waals surface area contributed by atoms with Crippen LogP contribution in [-0.2, 0) is 23.8 Å². The van der Waals surface area contributed by atoms with E-state index in [1.54, 1.807) is 6.08 Å². The molecule has 11 nitrogen and oxygen atoms in total. The summed E-state index contributed by atoms with van der Waals surface area (Å²) in [6.07, 6.45) is 61.8. The fraction of sp³-hybridized carbons (Fsp3) is 0.765. The standard InChI is InChI=1S/C68H119NO10/c1-4-7-10-13-16-19-22-24-26-28-30-32-33-35-37-40-43-46-49-52-55-61(72)67(76)69-59(60(71)54-51-48-45-42-39-21-18-15-12-9-6-3)58-77-68-66(65(75)64(74)62(57-70)78-68)79-63(73)56-53-50-47-44-41-38-36-34-31-29-27-25-23-20-17-14-11-8-5-2/h16-17,19-20,24-27,30,32,35,37,51,54,59-62,64-66,68,70-72,74-75H,4-15,18,21-23,28-29,31,33-34,36,38-50,52-53,55-58H2,1-3H3,(H,69,76)/b19-16-,20-17-,26-24-,27-25-,32-30-,37-35-,54-51+. The average molecular weight is 1110 g/mol. The number of esters is 1. The van der Waals surface area contributed by atoms with Crippen LogP contribution in [0, 0.1) is 0 Å². The zero-order valence-corrected chi connectivity index (χ0v) is 50.5. The summed E-state index contributed by atoms with van der Waals surface area (Å²) in [6, 6.07) is -1.04. The minimum Gasteiger partial charge on any atom is -0.454 e. The molecule has 0 bridgehead atoms. The molecule has 0 aromatic carbocycles. The summed E-state index contributed by atoms with van der Waals surface area (Å²) in [5.41, 5.74) is 0. The Morgan fingerprint density at radius 3 is 1.33 bits per heavy atom. The molecule has 0 spiro atoms. The van der Waals surface area contributed by atoms with Gasteiger partial charge in [-0.2, -0.15) is 0 Å². The third kappa shape index (κ3) is 43.2. The Balaban J connectivity index is 2.66. The smallest absolute Gasteiger partial charge is 0.306 e. The summed E-state index contributed by atoms with van der Waals surface area (Å²) in [6.45, 7) is 5.72. The molecule has 0 saturated carbocycles. The average Bonchev–Trinajstić information content (AvgIpc) is 3.45. The van der Waals surface area contributed by atoms with E-state index in [9.17, 15) is 35.1 Å². The van der Waals surface area contributed by atoms with Gasteiger partial charge in [0.15, 0.2) is 12.4 Å². The second-order valence-corrected chi connectivity index (χ2v) is 22.1. The molecule has 0 radical (unpaired) electrons. The summed E-state index contributed by atoms with van der Waals surface area (Å²) in [5, 5.41) is 57.0. The maximum atomic E-state index is 13.4. The number of aliphatic hydroxyl groups is 5. The molecule has 1 fully saturated rings. The van der Waals surface area contributed by atoms with E-state index in [0.717, 1.165) is 109 Å². The number of carbonyl (C=O) groups excluding carboxylic acids is 2. The molecule has 1 heterocycles. The highest BCUT2D eigenvalue weighted by molar-refractivity contribution is 5.80. The first-order valence-corrected chi connectivity index (χ1v) is 32.4. The largest absolute Gasteiger partial charge is 0.454 e. The zero-order chi connectivity index (χ0) is 57.5. The van der Waals surface area contributed by atoms with Crippen molar-refractivity contribution in [3.63, 3.8) is 0 Å². The van der Waals surface area contributed by atoms with Crippen LogP contribution in [-0.4, -0.2) is 99.6 Å². The molecule has 0 aromatic heterocycles. The Morgan fingerprint density at radius 2 is 0.873 bits per heavy atom. The fourth-order valence-corrected chi connectivity index (χ4v) is 9.61. The SMILES string of the molecule is CCCCC/C=C\C/C=C\C/C=C\C/C=C\CCCCCCC(O)C(=O)NC(COC1OC(CO)C(O)C(O)C1OC(=O)CCCCCCCCCCC/C=C\C/C=C\CCCCC)C(O)/C=C/CCCCCCCCCCC. The zero-order valence-electron chi connectivity index (χ0n) is 50.5. The van der Waals surface area contributed by atoms with E-state index in [1.807, 2.05) is 6.08 Å². The Kier molecular flexibility index (Phi) is 51.8. The number of ether oxygens (including phenoxy) is 3. The van der Waals surface area contributed by atoms with Gasteiger partial charge in [-0.3, -0.25) is 9.59 Å². The van der Waals surface area contributed by atoms with Crippen molar-refractivity contribution in [2.24, 2.45) is 0 Å². The highest BCUT2D eigenvalue weighted by Crippen LogP contribution is 2.26. The highest BCUT2D eigenvalue weighted by atomic mass is 16.7. The maximum Gasteiger partial charge on any atom is 0.306 e. The van der Waals surface area contributed by atoms with Crippen LogP contribution in [0.1, 0.15) is 271 Å². The second kappa shape index (κ2) is 55.4. The van der Waals surface area contributed by atoms with Crippen LogP contribution < -0.4 is 5.32 Å². The fourth-order valence-electron chi connectivity index (χ4n) is 9.61. The van der Waals surface area contributed by atoms with Gasteiger partial charge in [0.1, 0.15) is 24.4 Å². The summed E-state index contributed by atoms with van der Waals surface area (Å²) >= 11 is 0. The van der Waals surface area contributed by atoms with Crippen LogP contribution in [0.25, 0.3) is 0 Å². The van der Waals surface area contributed by atoms with Crippen LogP contribution >= 0.6 is 0 Å². The van der Waals surface area contributed by atoms with Gasteiger partial charge in [0.05, 0.1) is 25.4 Å². The molecule has 1 amide bonds. The van der Waals surface area contributed by atoms with Crippen molar-refractivity contribution < 1.29 is 49.3 Å². The monoisotopic (exact) mass is 1110 g/mol. The number of unbranched alkanes of at least 4 members (excludes halogenated alkanes) is 28. The predicted octanol–water partition coefficient (Wildman–Crippen LogP) is 15.7. The molecule has 0 aliphatic carbocycles. The van der Waals surface area contributed by atoms with Gasteiger partial charge >= 0.3 is 5.97 Å². The predicted molar refractivity (Wildman–Crippen MR) is 329 cm³/mol. The van der Waals surface area contributed by atoms with E-state index in [0.29, 0.717) is 12.8 Å². The Hall–Kier alpha value is -3.16. The molecule has 8 atom stereocenters. The molecule has 1 aliphatic heterocycles. The maximum absolute atomic E-state index is 13.4. The van der Waals surface area contributed by atoms with Gasteiger partial charge in [-0.05, 0) is 103 Å². The molecule has 456 valence electrons. The van der Waals surface area contributed by atoms with Crippen molar-refractivity contribution in [2.75, 3.05) is 13.2 Å². The van der Waals surface area contributed by atoms with Gasteiger partial charge in [-0.25, -0.2) is 0 Å². The second-order valence-electron chi connectivity index (χ2n) is 22.1. The van der Waals surface area contributed by atoms with Crippen molar-refractivity contribution in [1.29, 1.82) is 0 Å². The molecule has 1 rings (SSSR count). The number of carbonyl (C=O) groups is 2. The first-order chi connectivity index (χ1) is 38.7. The van der Waals surface area contributed by atoms with E-state index in [1.165, 1.54) is 116 Å².